The van der Waals surface area contributed by atoms with Gasteiger partial charge in [-0.2, -0.15) is 0 Å². The molecule has 0 radical (unpaired) electrons. The number of carbonyl (C=O) groups is 1. The summed E-state index contributed by atoms with van der Waals surface area (Å²) in [6.07, 6.45) is 3.58. The molecule has 0 aromatic carbocycles. The minimum Gasteiger partial charge on any atom is -0.357 e. The van der Waals surface area contributed by atoms with E-state index in [1.165, 1.54) is 18.3 Å². The van der Waals surface area contributed by atoms with E-state index in [0.29, 0.717) is 11.7 Å². The van der Waals surface area contributed by atoms with E-state index in [0.717, 1.165) is 27.0 Å². The van der Waals surface area contributed by atoms with Crippen LogP contribution in [0.4, 0.5) is 10.3 Å². The summed E-state index contributed by atoms with van der Waals surface area (Å²) in [6, 6.07) is 3.93. The van der Waals surface area contributed by atoms with Gasteiger partial charge in [-0.15, -0.1) is 11.3 Å². The molecule has 0 fully saturated rings. The van der Waals surface area contributed by atoms with Crippen molar-refractivity contribution in [2.24, 2.45) is 0 Å². The standard InChI is InChI=1S/C15H15N5OS2/c1-9-13(23-15(18-9)19-10(2)21)12-8-22-14(20-12)17-7-11-4-3-5-16-6-11/h3-6,8H,7H2,1-2H3,(H,17,20)(H,18,19,21). The number of aromatic nitrogens is 3. The third kappa shape index (κ3) is 3.91. The first-order valence-corrected chi connectivity index (χ1v) is 8.65. The molecule has 0 unspecified atom stereocenters. The Hall–Kier alpha value is -2.32. The second-order valence-corrected chi connectivity index (χ2v) is 6.72. The van der Waals surface area contributed by atoms with Gasteiger partial charge in [0.2, 0.25) is 5.91 Å². The molecule has 0 aliphatic rings. The molecule has 3 aromatic heterocycles. The van der Waals surface area contributed by atoms with Crippen molar-refractivity contribution in [3.05, 3.63) is 41.2 Å². The van der Waals surface area contributed by atoms with Crippen LogP contribution < -0.4 is 10.6 Å². The van der Waals surface area contributed by atoms with Gasteiger partial charge in [-0.1, -0.05) is 17.4 Å². The Morgan fingerprint density at radius 2 is 2.17 bits per heavy atom. The third-order valence-electron chi connectivity index (χ3n) is 2.98. The topological polar surface area (TPSA) is 79.8 Å². The maximum absolute atomic E-state index is 11.1. The fraction of sp³-hybridized carbons (Fsp3) is 0.200. The van der Waals surface area contributed by atoms with Crippen molar-refractivity contribution in [2.75, 3.05) is 10.6 Å². The molecule has 23 heavy (non-hydrogen) atoms. The Bertz CT molecular complexity index is 812. The molecule has 0 atom stereocenters. The predicted molar refractivity (Wildman–Crippen MR) is 93.8 cm³/mol. The van der Waals surface area contributed by atoms with Crippen molar-refractivity contribution in [1.82, 2.24) is 15.0 Å². The first-order valence-electron chi connectivity index (χ1n) is 6.95. The summed E-state index contributed by atoms with van der Waals surface area (Å²) in [6.45, 7) is 4.07. The van der Waals surface area contributed by atoms with E-state index in [1.807, 2.05) is 30.6 Å². The first-order chi connectivity index (χ1) is 11.1. The second-order valence-electron chi connectivity index (χ2n) is 4.87. The second kappa shape index (κ2) is 6.84. The van der Waals surface area contributed by atoms with E-state index in [-0.39, 0.29) is 5.91 Å². The van der Waals surface area contributed by atoms with Crippen LogP contribution in [-0.4, -0.2) is 20.9 Å². The molecule has 118 valence electrons. The largest absolute Gasteiger partial charge is 0.357 e. The summed E-state index contributed by atoms with van der Waals surface area (Å²) in [5.41, 5.74) is 2.84. The number of aryl methyl sites for hydroxylation is 1. The quantitative estimate of drug-likeness (QED) is 0.739. The first kappa shape index (κ1) is 15.6. The van der Waals surface area contributed by atoms with Gasteiger partial charge in [0.1, 0.15) is 0 Å². The molecule has 3 aromatic rings. The van der Waals surface area contributed by atoms with Crippen molar-refractivity contribution in [2.45, 2.75) is 20.4 Å². The summed E-state index contributed by atoms with van der Waals surface area (Å²) < 4.78 is 0. The molecule has 1 amide bonds. The smallest absolute Gasteiger partial charge is 0.223 e. The van der Waals surface area contributed by atoms with Gasteiger partial charge < -0.3 is 10.6 Å². The fourth-order valence-electron chi connectivity index (χ4n) is 1.98. The molecule has 2 N–H and O–H groups in total. The van der Waals surface area contributed by atoms with E-state index >= 15 is 0 Å². The normalized spacial score (nSPS) is 10.5. The number of thiazole rings is 2. The van der Waals surface area contributed by atoms with Crippen molar-refractivity contribution in [3.63, 3.8) is 0 Å². The van der Waals surface area contributed by atoms with Gasteiger partial charge >= 0.3 is 0 Å². The van der Waals surface area contributed by atoms with Crippen molar-refractivity contribution in [1.29, 1.82) is 0 Å². The van der Waals surface area contributed by atoms with Crippen LogP contribution in [0.1, 0.15) is 18.2 Å². The molecule has 0 bridgehead atoms. The van der Waals surface area contributed by atoms with E-state index in [4.69, 9.17) is 0 Å². The summed E-state index contributed by atoms with van der Waals surface area (Å²) >= 11 is 2.98. The van der Waals surface area contributed by atoms with Crippen LogP contribution in [0.25, 0.3) is 10.6 Å². The highest BCUT2D eigenvalue weighted by molar-refractivity contribution is 7.19. The van der Waals surface area contributed by atoms with Gasteiger partial charge in [-0.3, -0.25) is 9.78 Å². The maximum atomic E-state index is 11.1. The molecule has 0 spiro atoms. The number of hydrogen-bond donors (Lipinski definition) is 2. The fourth-order valence-corrected chi connectivity index (χ4v) is 3.73. The minimum absolute atomic E-state index is 0.123. The molecule has 6 nitrogen and oxygen atoms in total. The van der Waals surface area contributed by atoms with Crippen molar-refractivity contribution >= 4 is 38.8 Å². The predicted octanol–water partition coefficient (Wildman–Crippen LogP) is 3.54. The van der Waals surface area contributed by atoms with Gasteiger partial charge in [0.05, 0.1) is 16.3 Å². The molecular formula is C15H15N5OS2. The van der Waals surface area contributed by atoms with Gasteiger partial charge in [0, 0.05) is 31.2 Å². The molecule has 0 aliphatic carbocycles. The molecule has 0 aliphatic heterocycles. The molecule has 3 rings (SSSR count). The number of rotatable bonds is 5. The lowest BCUT2D eigenvalue weighted by Crippen LogP contribution is -2.04. The van der Waals surface area contributed by atoms with Gasteiger partial charge in [-0.05, 0) is 18.6 Å². The summed E-state index contributed by atoms with van der Waals surface area (Å²) in [5, 5.41) is 9.44. The lowest BCUT2D eigenvalue weighted by molar-refractivity contribution is -0.114. The molecule has 8 heteroatoms. The van der Waals surface area contributed by atoms with Crippen LogP contribution in [-0.2, 0) is 11.3 Å². The van der Waals surface area contributed by atoms with Crippen LogP contribution in [0.5, 0.6) is 0 Å². The Labute approximate surface area is 141 Å². The third-order valence-corrected chi connectivity index (χ3v) is 4.88. The maximum Gasteiger partial charge on any atom is 0.223 e. The highest BCUT2D eigenvalue weighted by Crippen LogP contribution is 2.34. The van der Waals surface area contributed by atoms with Crippen LogP contribution in [0, 0.1) is 6.92 Å². The Balaban J connectivity index is 1.71. The highest BCUT2D eigenvalue weighted by atomic mass is 32.1. The number of carbonyl (C=O) groups excluding carboxylic acids is 1. The number of nitrogens with zero attached hydrogens (tertiary/aromatic N) is 3. The van der Waals surface area contributed by atoms with Crippen LogP contribution in [0.15, 0.2) is 29.9 Å². The molecule has 3 heterocycles. The number of nitrogens with one attached hydrogen (secondary N) is 2. The summed E-state index contributed by atoms with van der Waals surface area (Å²) in [7, 11) is 0. The average molecular weight is 345 g/mol. The van der Waals surface area contributed by atoms with Crippen molar-refractivity contribution in [3.8, 4) is 10.6 Å². The minimum atomic E-state index is -0.123. The highest BCUT2D eigenvalue weighted by Gasteiger charge is 2.13. The van der Waals surface area contributed by atoms with Gasteiger partial charge in [0.15, 0.2) is 10.3 Å². The van der Waals surface area contributed by atoms with Crippen molar-refractivity contribution < 1.29 is 4.79 Å². The number of pyridine rings is 1. The Morgan fingerprint density at radius 3 is 2.91 bits per heavy atom. The number of amides is 1. The zero-order valence-corrected chi connectivity index (χ0v) is 14.3. The van der Waals surface area contributed by atoms with E-state index in [9.17, 15) is 4.79 Å². The number of hydrogen-bond acceptors (Lipinski definition) is 7. The zero-order valence-electron chi connectivity index (χ0n) is 12.7. The molecule has 0 saturated carbocycles. The Morgan fingerprint density at radius 1 is 1.30 bits per heavy atom. The van der Waals surface area contributed by atoms with Gasteiger partial charge in [0.25, 0.3) is 0 Å². The van der Waals surface area contributed by atoms with E-state index in [2.05, 4.69) is 25.6 Å². The SMILES string of the molecule is CC(=O)Nc1nc(C)c(-c2csc(NCc3cccnc3)n2)s1. The lowest BCUT2D eigenvalue weighted by Gasteiger charge is -2.01. The van der Waals surface area contributed by atoms with Crippen LogP contribution in [0.2, 0.25) is 0 Å². The summed E-state index contributed by atoms with van der Waals surface area (Å²) in [4.78, 5) is 25.1. The number of anilines is 2. The monoisotopic (exact) mass is 345 g/mol. The zero-order chi connectivity index (χ0) is 16.2. The summed E-state index contributed by atoms with van der Waals surface area (Å²) in [5.74, 6) is -0.123. The molecule has 0 saturated heterocycles. The van der Waals surface area contributed by atoms with E-state index < -0.39 is 0 Å². The van der Waals surface area contributed by atoms with Crippen LogP contribution >= 0.6 is 22.7 Å². The van der Waals surface area contributed by atoms with Crippen LogP contribution in [0.3, 0.4) is 0 Å². The lowest BCUT2D eigenvalue weighted by atomic mass is 10.3. The van der Waals surface area contributed by atoms with Gasteiger partial charge in [-0.25, -0.2) is 9.97 Å². The van der Waals surface area contributed by atoms with E-state index in [1.54, 1.807) is 17.5 Å². The average Bonchev–Trinajstić information content (AvgIpc) is 3.12. The molecular weight excluding hydrogens is 330 g/mol. The Kier molecular flexibility index (Phi) is 4.63.